The van der Waals surface area contributed by atoms with Gasteiger partial charge in [0.2, 0.25) is 5.91 Å². The van der Waals surface area contributed by atoms with E-state index in [1.165, 1.54) is 37.0 Å². The summed E-state index contributed by atoms with van der Waals surface area (Å²) in [6.07, 6.45) is 8.59. The standard InChI is InChI=1S/C17H23N3O2S/c21-16-14-9-13(11-19(16)10-12-3-1-2-4-12)5-7-20(14)17(22)15-18-6-8-23-15/h6,8,12-14H,1-5,7,9-11H2/t13-,14+/m0/s1. The Kier molecular flexibility index (Phi) is 4.09. The van der Waals surface area contributed by atoms with E-state index in [0.29, 0.717) is 23.4 Å². The highest BCUT2D eigenvalue weighted by Gasteiger charge is 2.44. The molecule has 0 radical (unpaired) electrons. The summed E-state index contributed by atoms with van der Waals surface area (Å²) >= 11 is 1.36. The second kappa shape index (κ2) is 6.23. The number of carbonyl (C=O) groups excluding carboxylic acids is 2. The number of fused-ring (bicyclic) bond motifs is 2. The van der Waals surface area contributed by atoms with Gasteiger partial charge in [-0.15, -0.1) is 11.3 Å². The van der Waals surface area contributed by atoms with Gasteiger partial charge in [0.1, 0.15) is 6.04 Å². The van der Waals surface area contributed by atoms with Crippen molar-refractivity contribution in [2.75, 3.05) is 19.6 Å². The summed E-state index contributed by atoms with van der Waals surface area (Å²) in [7, 11) is 0. The lowest BCUT2D eigenvalue weighted by molar-refractivity contribution is -0.144. The Morgan fingerprint density at radius 3 is 2.87 bits per heavy atom. The second-order valence-corrected chi connectivity index (χ2v) is 8.03. The summed E-state index contributed by atoms with van der Waals surface area (Å²) in [6, 6.07) is -0.264. The third-order valence-corrected chi connectivity index (χ3v) is 6.38. The predicted molar refractivity (Wildman–Crippen MR) is 88.2 cm³/mol. The molecule has 2 atom stereocenters. The van der Waals surface area contributed by atoms with Gasteiger partial charge in [-0.1, -0.05) is 12.8 Å². The van der Waals surface area contributed by atoms with Crippen molar-refractivity contribution in [3.8, 4) is 0 Å². The van der Waals surface area contributed by atoms with Crippen LogP contribution >= 0.6 is 11.3 Å². The lowest BCUT2D eigenvalue weighted by atomic mass is 9.85. The molecule has 6 heteroatoms. The van der Waals surface area contributed by atoms with Crippen LogP contribution in [0.5, 0.6) is 0 Å². The van der Waals surface area contributed by atoms with E-state index in [4.69, 9.17) is 0 Å². The molecule has 4 rings (SSSR count). The van der Waals surface area contributed by atoms with Gasteiger partial charge >= 0.3 is 0 Å². The maximum atomic E-state index is 12.9. The Labute approximate surface area is 140 Å². The van der Waals surface area contributed by atoms with Crippen molar-refractivity contribution < 1.29 is 9.59 Å². The van der Waals surface area contributed by atoms with Crippen molar-refractivity contribution in [3.05, 3.63) is 16.6 Å². The minimum atomic E-state index is -0.264. The van der Waals surface area contributed by atoms with Crippen LogP contribution in [0.2, 0.25) is 0 Å². The van der Waals surface area contributed by atoms with Gasteiger partial charge in [0.05, 0.1) is 0 Å². The molecule has 1 saturated carbocycles. The molecule has 3 fully saturated rings. The Morgan fingerprint density at radius 2 is 2.13 bits per heavy atom. The normalized spacial score (nSPS) is 28.4. The maximum Gasteiger partial charge on any atom is 0.283 e. The number of amides is 2. The Hall–Kier alpha value is -1.43. The number of piperidine rings is 2. The molecule has 0 spiro atoms. The molecule has 0 unspecified atom stereocenters. The first kappa shape index (κ1) is 15.1. The first-order valence-electron chi connectivity index (χ1n) is 8.71. The average molecular weight is 333 g/mol. The largest absolute Gasteiger partial charge is 0.340 e. The topological polar surface area (TPSA) is 53.5 Å². The number of nitrogens with zero attached hydrogens (tertiary/aromatic N) is 3. The molecule has 2 saturated heterocycles. The molecule has 1 aromatic rings. The summed E-state index contributed by atoms with van der Waals surface area (Å²) in [4.78, 5) is 33.5. The molecule has 2 bridgehead atoms. The van der Waals surface area contributed by atoms with E-state index in [1.54, 1.807) is 11.1 Å². The van der Waals surface area contributed by atoms with Crippen molar-refractivity contribution in [2.24, 2.45) is 11.8 Å². The molecule has 23 heavy (non-hydrogen) atoms. The SMILES string of the molecule is O=C1[C@H]2C[C@H](CCN2C(=O)c2nccs2)CN1CC1CCCC1. The molecule has 2 amide bonds. The maximum absolute atomic E-state index is 12.9. The highest BCUT2D eigenvalue weighted by molar-refractivity contribution is 7.11. The fourth-order valence-electron chi connectivity index (χ4n) is 4.41. The van der Waals surface area contributed by atoms with Crippen LogP contribution in [0.4, 0.5) is 0 Å². The van der Waals surface area contributed by atoms with Crippen LogP contribution in [0, 0.1) is 11.8 Å². The van der Waals surface area contributed by atoms with Crippen molar-refractivity contribution in [3.63, 3.8) is 0 Å². The molecule has 0 aromatic carbocycles. The monoisotopic (exact) mass is 333 g/mol. The number of likely N-dealkylation sites (tertiary alicyclic amines) is 2. The third kappa shape index (κ3) is 2.89. The Balaban J connectivity index is 1.49. The quantitative estimate of drug-likeness (QED) is 0.853. The molecule has 1 aliphatic carbocycles. The van der Waals surface area contributed by atoms with Crippen LogP contribution in [0.25, 0.3) is 0 Å². The highest BCUT2D eigenvalue weighted by atomic mass is 32.1. The van der Waals surface area contributed by atoms with Gasteiger partial charge in [-0.3, -0.25) is 9.59 Å². The molecular weight excluding hydrogens is 310 g/mol. The summed E-state index contributed by atoms with van der Waals surface area (Å²) in [5, 5.41) is 2.32. The number of carbonyl (C=O) groups is 2. The van der Waals surface area contributed by atoms with Gasteiger partial charge in [0, 0.05) is 31.2 Å². The van der Waals surface area contributed by atoms with Gasteiger partial charge in [0.15, 0.2) is 5.01 Å². The van der Waals surface area contributed by atoms with Gasteiger partial charge in [-0.05, 0) is 37.5 Å². The van der Waals surface area contributed by atoms with Gasteiger partial charge in [-0.25, -0.2) is 4.98 Å². The number of hydrogen-bond acceptors (Lipinski definition) is 4. The number of aromatic nitrogens is 1. The molecule has 5 nitrogen and oxygen atoms in total. The zero-order valence-corrected chi connectivity index (χ0v) is 14.1. The molecule has 1 aromatic heterocycles. The summed E-state index contributed by atoms with van der Waals surface area (Å²) in [6.45, 7) is 2.48. The highest BCUT2D eigenvalue weighted by Crippen LogP contribution is 2.33. The van der Waals surface area contributed by atoms with Crippen LogP contribution < -0.4 is 0 Å². The molecule has 3 heterocycles. The summed E-state index contributed by atoms with van der Waals surface area (Å²) in [5.41, 5.74) is 0. The lowest BCUT2D eigenvalue weighted by Gasteiger charge is -2.46. The second-order valence-electron chi connectivity index (χ2n) is 7.14. The van der Waals surface area contributed by atoms with Crippen molar-refractivity contribution in [1.82, 2.24) is 14.8 Å². The molecule has 3 aliphatic rings. The molecular formula is C17H23N3O2S. The van der Waals surface area contributed by atoms with Gasteiger partial charge in [0.25, 0.3) is 5.91 Å². The lowest BCUT2D eigenvalue weighted by Crippen LogP contribution is -2.60. The van der Waals surface area contributed by atoms with Crippen molar-refractivity contribution >= 4 is 23.2 Å². The number of hydrogen-bond donors (Lipinski definition) is 0. The van der Waals surface area contributed by atoms with E-state index >= 15 is 0 Å². The van der Waals surface area contributed by atoms with Crippen LogP contribution in [0.1, 0.15) is 48.3 Å². The predicted octanol–water partition coefficient (Wildman–Crippen LogP) is 2.40. The van der Waals surface area contributed by atoms with Crippen LogP contribution in [0.15, 0.2) is 11.6 Å². The van der Waals surface area contributed by atoms with Crippen LogP contribution in [-0.4, -0.2) is 52.3 Å². The van der Waals surface area contributed by atoms with E-state index in [0.717, 1.165) is 25.9 Å². The van der Waals surface area contributed by atoms with Crippen LogP contribution in [0.3, 0.4) is 0 Å². The van der Waals surface area contributed by atoms with E-state index in [1.807, 2.05) is 5.38 Å². The average Bonchev–Trinajstić information content (AvgIpc) is 3.25. The fraction of sp³-hybridized carbons (Fsp3) is 0.706. The Bertz CT molecular complexity index is 583. The molecule has 0 N–H and O–H groups in total. The minimum absolute atomic E-state index is 0.0699. The summed E-state index contributed by atoms with van der Waals surface area (Å²) < 4.78 is 0. The van der Waals surface area contributed by atoms with Crippen molar-refractivity contribution in [1.29, 1.82) is 0 Å². The number of thiazole rings is 1. The van der Waals surface area contributed by atoms with E-state index in [-0.39, 0.29) is 17.9 Å². The minimum Gasteiger partial charge on any atom is -0.340 e. The Morgan fingerprint density at radius 1 is 1.30 bits per heavy atom. The third-order valence-electron chi connectivity index (χ3n) is 5.62. The zero-order chi connectivity index (χ0) is 15.8. The first-order valence-corrected chi connectivity index (χ1v) is 9.59. The van der Waals surface area contributed by atoms with Gasteiger partial charge < -0.3 is 9.80 Å². The van der Waals surface area contributed by atoms with Crippen LogP contribution in [-0.2, 0) is 4.79 Å². The summed E-state index contributed by atoms with van der Waals surface area (Å²) in [5.74, 6) is 1.32. The van der Waals surface area contributed by atoms with E-state index in [9.17, 15) is 9.59 Å². The number of rotatable bonds is 3. The molecule has 124 valence electrons. The smallest absolute Gasteiger partial charge is 0.283 e. The molecule has 2 aliphatic heterocycles. The van der Waals surface area contributed by atoms with E-state index in [2.05, 4.69) is 9.88 Å². The fourth-order valence-corrected chi connectivity index (χ4v) is 5.01. The zero-order valence-electron chi connectivity index (χ0n) is 13.3. The van der Waals surface area contributed by atoms with Crippen molar-refractivity contribution in [2.45, 2.75) is 44.6 Å². The van der Waals surface area contributed by atoms with E-state index < -0.39 is 0 Å². The first-order chi connectivity index (χ1) is 11.2. The van der Waals surface area contributed by atoms with Gasteiger partial charge in [-0.2, -0.15) is 0 Å².